The fourth-order valence-electron chi connectivity index (χ4n) is 7.12. The molecule has 0 atom stereocenters. The van der Waals surface area contributed by atoms with Crippen LogP contribution in [-0.2, 0) is 27.5 Å². The Kier molecular flexibility index (Phi) is 15.8. The van der Waals surface area contributed by atoms with E-state index in [9.17, 15) is 9.59 Å². The van der Waals surface area contributed by atoms with Crippen molar-refractivity contribution in [3.63, 3.8) is 0 Å². The summed E-state index contributed by atoms with van der Waals surface area (Å²) in [6.45, 7) is 15.2. The largest absolute Gasteiger partial charge is 0.490 e. The number of carbonyl (C=O) groups is 2. The molecule has 0 aliphatic carbocycles. The summed E-state index contributed by atoms with van der Waals surface area (Å²) in [6, 6.07) is 31.8. The van der Waals surface area contributed by atoms with Crippen LogP contribution in [0, 0.1) is 12.4 Å². The van der Waals surface area contributed by atoms with Gasteiger partial charge in [-0.1, -0.05) is 91.7 Å². The van der Waals surface area contributed by atoms with Crippen LogP contribution >= 0.6 is 0 Å². The summed E-state index contributed by atoms with van der Waals surface area (Å²) < 4.78 is 45.3. The molecule has 5 aromatic rings. The van der Waals surface area contributed by atoms with E-state index < -0.39 is 17.5 Å². The lowest BCUT2D eigenvalue weighted by molar-refractivity contribution is -0.140. The number of esters is 1. The standard InChI is InChI=1S/C50H55FN4O7/c1-50(2,3)62-49(57)53-39-25-27-55(28-26-39)45-32-44(61-34-36-18-12-9-13-19-36)47(48(54-45)38-21-23-41(52-4)40(51)30-38)37-22-24-42(59-29-15-7-6-14-20-46(56)58-5)43(31-37)60-33-35-16-10-8-11-17-35/h8-13,16-19,21-24,30-32,39H,6-7,14-15,20,25-29,33-34H2,1-3,5H3,(H,53,57). The molecule has 1 saturated heterocycles. The Morgan fingerprint density at radius 3 is 2.06 bits per heavy atom. The Labute approximate surface area is 364 Å². The number of methoxy groups -OCH3 is 1. The predicted molar refractivity (Wildman–Crippen MR) is 238 cm³/mol. The minimum absolute atomic E-state index is 0.0782. The number of anilines is 1. The third-order valence-corrected chi connectivity index (χ3v) is 10.3. The van der Waals surface area contributed by atoms with Crippen molar-refractivity contribution in [3.05, 3.63) is 131 Å². The predicted octanol–water partition coefficient (Wildman–Crippen LogP) is 11.3. The number of hydrogen-bond acceptors (Lipinski definition) is 9. The van der Waals surface area contributed by atoms with Crippen molar-refractivity contribution in [3.8, 4) is 39.6 Å². The van der Waals surface area contributed by atoms with Crippen molar-refractivity contribution in [2.45, 2.75) is 90.6 Å². The van der Waals surface area contributed by atoms with Crippen molar-refractivity contribution in [2.24, 2.45) is 0 Å². The van der Waals surface area contributed by atoms with Crippen LogP contribution in [0.2, 0.25) is 0 Å². The maximum atomic E-state index is 15.5. The average molecular weight is 843 g/mol. The third kappa shape index (κ3) is 12.9. The number of amides is 1. The van der Waals surface area contributed by atoms with E-state index in [1.807, 2.05) is 106 Å². The van der Waals surface area contributed by atoms with Gasteiger partial charge in [0, 0.05) is 37.2 Å². The van der Waals surface area contributed by atoms with E-state index in [4.69, 9.17) is 35.2 Å². The second-order valence-corrected chi connectivity index (χ2v) is 16.2. The summed E-state index contributed by atoms with van der Waals surface area (Å²) in [7, 11) is 1.40. The molecule has 4 aromatic carbocycles. The van der Waals surface area contributed by atoms with Gasteiger partial charge in [-0.15, -0.1) is 0 Å². The molecule has 1 N–H and O–H groups in total. The summed E-state index contributed by atoms with van der Waals surface area (Å²) in [5, 5.41) is 3.01. The van der Waals surface area contributed by atoms with Crippen LogP contribution in [0.1, 0.15) is 76.8 Å². The maximum Gasteiger partial charge on any atom is 0.407 e. The molecule has 1 aromatic heterocycles. The molecular formula is C50H55FN4O7. The molecule has 0 unspecified atom stereocenters. The molecule has 0 radical (unpaired) electrons. The SMILES string of the molecule is [C-]#[N+]c1ccc(-c2nc(N3CCC(NC(=O)OC(C)(C)C)CC3)cc(OCc3ccccc3)c2-c2ccc(OCCCCCCC(=O)OC)c(OCc3ccccc3)c2)cc1F. The van der Waals surface area contributed by atoms with Gasteiger partial charge in [0.25, 0.3) is 0 Å². The fourth-order valence-corrected chi connectivity index (χ4v) is 7.12. The quantitative estimate of drug-likeness (QED) is 0.0523. The van der Waals surface area contributed by atoms with Crippen LogP contribution in [-0.4, -0.2) is 55.5 Å². The molecule has 1 aliphatic rings. The van der Waals surface area contributed by atoms with Crippen LogP contribution in [0.25, 0.3) is 27.2 Å². The molecule has 6 rings (SSSR count). The van der Waals surface area contributed by atoms with E-state index in [2.05, 4.69) is 15.1 Å². The van der Waals surface area contributed by atoms with E-state index in [-0.39, 0.29) is 30.9 Å². The van der Waals surface area contributed by atoms with Crippen molar-refractivity contribution in [2.75, 3.05) is 31.7 Å². The molecule has 1 fully saturated rings. The summed E-state index contributed by atoms with van der Waals surface area (Å²) >= 11 is 0. The molecule has 62 heavy (non-hydrogen) atoms. The third-order valence-electron chi connectivity index (χ3n) is 10.3. The Bertz CT molecular complexity index is 2300. The first kappa shape index (κ1) is 44.9. The maximum absolute atomic E-state index is 15.5. The molecule has 1 amide bonds. The molecule has 1 aliphatic heterocycles. The highest BCUT2D eigenvalue weighted by molar-refractivity contribution is 5.88. The topological polar surface area (TPSA) is 113 Å². The summed E-state index contributed by atoms with van der Waals surface area (Å²) in [5.74, 6) is 1.36. The molecule has 11 nitrogen and oxygen atoms in total. The minimum Gasteiger partial charge on any atom is -0.490 e. The van der Waals surface area contributed by atoms with Gasteiger partial charge in [0.05, 0.1) is 31.5 Å². The lowest BCUT2D eigenvalue weighted by atomic mass is 9.97. The average Bonchev–Trinajstić information content (AvgIpc) is 3.27. The fraction of sp³-hybridized carbons (Fsp3) is 0.360. The molecule has 0 bridgehead atoms. The highest BCUT2D eigenvalue weighted by atomic mass is 19.1. The van der Waals surface area contributed by atoms with Crippen molar-refractivity contribution in [1.82, 2.24) is 10.3 Å². The number of nitrogens with zero attached hydrogens (tertiary/aromatic N) is 3. The van der Waals surface area contributed by atoms with E-state index in [1.54, 1.807) is 6.07 Å². The number of ether oxygens (including phenoxy) is 5. The van der Waals surface area contributed by atoms with Gasteiger partial charge in [0.1, 0.15) is 36.2 Å². The van der Waals surface area contributed by atoms with E-state index in [0.717, 1.165) is 36.8 Å². The first-order valence-corrected chi connectivity index (χ1v) is 21.1. The lowest BCUT2D eigenvalue weighted by Crippen LogP contribution is -2.46. The van der Waals surface area contributed by atoms with Gasteiger partial charge in [0.2, 0.25) is 5.69 Å². The Morgan fingerprint density at radius 2 is 1.44 bits per heavy atom. The zero-order valence-corrected chi connectivity index (χ0v) is 36.0. The second kappa shape index (κ2) is 21.8. The Balaban J connectivity index is 1.38. The van der Waals surface area contributed by atoms with Gasteiger partial charge in [-0.3, -0.25) is 4.79 Å². The van der Waals surface area contributed by atoms with Gasteiger partial charge in [-0.2, -0.15) is 0 Å². The number of carbonyl (C=O) groups excluding carboxylic acids is 2. The van der Waals surface area contributed by atoms with Crippen LogP contribution in [0.3, 0.4) is 0 Å². The monoisotopic (exact) mass is 842 g/mol. The van der Waals surface area contributed by atoms with Gasteiger partial charge in [0.15, 0.2) is 11.5 Å². The van der Waals surface area contributed by atoms with Crippen LogP contribution in [0.15, 0.2) is 103 Å². The normalized spacial score (nSPS) is 12.9. The van der Waals surface area contributed by atoms with Gasteiger partial charge in [-0.25, -0.2) is 19.0 Å². The van der Waals surface area contributed by atoms with Gasteiger partial charge < -0.3 is 33.9 Å². The second-order valence-electron chi connectivity index (χ2n) is 16.2. The van der Waals surface area contributed by atoms with Crippen molar-refractivity contribution < 1.29 is 37.7 Å². The van der Waals surface area contributed by atoms with Crippen molar-refractivity contribution >= 4 is 23.6 Å². The van der Waals surface area contributed by atoms with Crippen LogP contribution in [0.5, 0.6) is 17.2 Å². The van der Waals surface area contributed by atoms with Gasteiger partial charge >= 0.3 is 12.1 Å². The number of rotatable bonds is 18. The number of piperidine rings is 1. The summed E-state index contributed by atoms with van der Waals surface area (Å²) in [6.07, 6.45) is 4.57. The number of benzene rings is 4. The smallest absolute Gasteiger partial charge is 0.407 e. The highest BCUT2D eigenvalue weighted by Gasteiger charge is 2.27. The zero-order chi connectivity index (χ0) is 43.9. The first-order chi connectivity index (χ1) is 30.0. The number of pyridine rings is 1. The molecule has 2 heterocycles. The molecule has 324 valence electrons. The highest BCUT2D eigenvalue weighted by Crippen LogP contribution is 2.44. The van der Waals surface area contributed by atoms with Gasteiger partial charge in [-0.05, 0) is 81.3 Å². The Hall–Kier alpha value is -6.61. The number of aromatic nitrogens is 1. The van der Waals surface area contributed by atoms with Crippen molar-refractivity contribution in [1.29, 1.82) is 0 Å². The molecule has 0 spiro atoms. The van der Waals surface area contributed by atoms with Crippen LogP contribution < -0.4 is 24.4 Å². The zero-order valence-electron chi connectivity index (χ0n) is 36.0. The van der Waals surface area contributed by atoms with E-state index in [1.165, 1.54) is 19.2 Å². The number of hydrogen-bond donors (Lipinski definition) is 1. The molecule has 12 heteroatoms. The summed E-state index contributed by atoms with van der Waals surface area (Å²) in [5.41, 5.74) is 3.49. The molecular weight excluding hydrogens is 788 g/mol. The first-order valence-electron chi connectivity index (χ1n) is 21.1. The van der Waals surface area contributed by atoms with E-state index in [0.29, 0.717) is 84.4 Å². The Morgan fingerprint density at radius 1 is 0.790 bits per heavy atom. The minimum atomic E-state index is -0.655. The number of nitrogens with one attached hydrogen (secondary N) is 1. The van der Waals surface area contributed by atoms with Crippen LogP contribution in [0.4, 0.5) is 20.7 Å². The number of halogens is 1. The number of unbranched alkanes of at least 4 members (excludes halogenated alkanes) is 3. The number of alkyl carbamates (subject to hydrolysis) is 1. The molecule has 0 saturated carbocycles. The van der Waals surface area contributed by atoms with E-state index >= 15 is 4.39 Å². The lowest BCUT2D eigenvalue weighted by Gasteiger charge is -2.34. The summed E-state index contributed by atoms with van der Waals surface area (Å²) in [4.78, 5) is 34.8.